The van der Waals surface area contributed by atoms with Crippen LogP contribution in [-0.4, -0.2) is 39.0 Å². The molecule has 0 unspecified atom stereocenters. The maximum absolute atomic E-state index is 12.5. The van der Waals surface area contributed by atoms with Gasteiger partial charge in [-0.25, -0.2) is 0 Å². The molecule has 0 bridgehead atoms. The van der Waals surface area contributed by atoms with E-state index in [2.05, 4.69) is 40.4 Å². The summed E-state index contributed by atoms with van der Waals surface area (Å²) in [6.07, 6.45) is 7.88. The van der Waals surface area contributed by atoms with Gasteiger partial charge in [0.15, 0.2) is 0 Å². The second kappa shape index (κ2) is 9.64. The van der Waals surface area contributed by atoms with Crippen LogP contribution in [0.5, 0.6) is 0 Å². The molecule has 134 valence electrons. The zero-order valence-corrected chi connectivity index (χ0v) is 20.2. The van der Waals surface area contributed by atoms with Crippen molar-refractivity contribution in [3.63, 3.8) is 0 Å². The van der Waals surface area contributed by atoms with Crippen LogP contribution in [0.2, 0.25) is 33.0 Å². The van der Waals surface area contributed by atoms with Gasteiger partial charge in [-0.2, -0.15) is 0 Å². The molecule has 0 aliphatic carbocycles. The van der Waals surface area contributed by atoms with Gasteiger partial charge in [0, 0.05) is 0 Å². The molecule has 23 heavy (non-hydrogen) atoms. The van der Waals surface area contributed by atoms with E-state index >= 15 is 0 Å². The Kier molecular flexibility index (Phi) is 8.92. The fraction of sp³-hybridized carbons (Fsp3) is 0.842. The third-order valence-corrected chi connectivity index (χ3v) is 24.0. The Morgan fingerprint density at radius 2 is 1.35 bits per heavy atom. The van der Waals surface area contributed by atoms with Crippen LogP contribution >= 0.6 is 0 Å². The van der Waals surface area contributed by atoms with Gasteiger partial charge in [-0.3, -0.25) is 0 Å². The van der Waals surface area contributed by atoms with Crippen LogP contribution in [0.3, 0.4) is 0 Å². The molecular formula is C19H38O2SiSn. The van der Waals surface area contributed by atoms with Crippen LogP contribution in [0, 0.1) is 0 Å². The summed E-state index contributed by atoms with van der Waals surface area (Å²) in [4.78, 5) is 12.5. The Morgan fingerprint density at radius 1 is 0.913 bits per heavy atom. The minimum atomic E-state index is -2.48. The molecule has 0 saturated heterocycles. The van der Waals surface area contributed by atoms with Gasteiger partial charge in [0.25, 0.3) is 0 Å². The van der Waals surface area contributed by atoms with Gasteiger partial charge in [0.05, 0.1) is 0 Å². The van der Waals surface area contributed by atoms with Crippen LogP contribution in [-0.2, 0) is 9.53 Å². The van der Waals surface area contributed by atoms with Crippen molar-refractivity contribution in [1.82, 2.24) is 0 Å². The first kappa shape index (κ1) is 21.3. The fourth-order valence-corrected chi connectivity index (χ4v) is 27.0. The Balaban J connectivity index is 3.32. The van der Waals surface area contributed by atoms with Crippen molar-refractivity contribution in [3.05, 3.63) is 8.79 Å². The number of cyclic esters (lactones) is 1. The van der Waals surface area contributed by atoms with Crippen molar-refractivity contribution in [1.29, 1.82) is 0 Å². The standard InChI is InChI=1S/C7H11O2Si.3C4H9.Sn/c1-10(2,3)6-4-5-9-7(6)8;3*1-3-4-2;/h5H2,1-3H3;3*1,3-4H2,2H3;. The predicted molar refractivity (Wildman–Crippen MR) is 106 cm³/mol. The van der Waals surface area contributed by atoms with E-state index in [1.807, 2.05) is 0 Å². The summed E-state index contributed by atoms with van der Waals surface area (Å²) in [5, 5.41) is 1.21. The third kappa shape index (κ3) is 5.62. The Labute approximate surface area is 149 Å². The number of carbonyl (C=O) groups is 1. The summed E-state index contributed by atoms with van der Waals surface area (Å²) in [6.45, 7) is 14.5. The van der Waals surface area contributed by atoms with E-state index in [1.54, 1.807) is 3.59 Å². The van der Waals surface area contributed by atoms with Crippen LogP contribution < -0.4 is 0 Å². The number of hydrogen-bond acceptors (Lipinski definition) is 2. The molecule has 1 aliphatic heterocycles. The van der Waals surface area contributed by atoms with Gasteiger partial charge >= 0.3 is 150 Å². The number of esters is 1. The van der Waals surface area contributed by atoms with Crippen molar-refractivity contribution in [2.24, 2.45) is 0 Å². The van der Waals surface area contributed by atoms with Crippen LogP contribution in [0.25, 0.3) is 0 Å². The summed E-state index contributed by atoms with van der Waals surface area (Å²) in [7, 11) is -1.62. The number of rotatable bonds is 11. The van der Waals surface area contributed by atoms with E-state index in [-0.39, 0.29) is 5.97 Å². The molecular weight excluding hydrogens is 407 g/mol. The predicted octanol–water partition coefficient (Wildman–Crippen LogP) is 6.11. The summed E-state index contributed by atoms with van der Waals surface area (Å²) in [6, 6.07) is 0. The third-order valence-electron chi connectivity index (χ3n) is 5.27. The van der Waals surface area contributed by atoms with Crippen LogP contribution in [0.1, 0.15) is 59.3 Å². The average molecular weight is 445 g/mol. The first-order chi connectivity index (χ1) is 10.8. The van der Waals surface area contributed by atoms with Gasteiger partial charge in [0.2, 0.25) is 0 Å². The number of carbonyl (C=O) groups excluding carboxylic acids is 1. The van der Waals surface area contributed by atoms with Crippen molar-refractivity contribution >= 4 is 32.4 Å². The molecule has 2 nitrogen and oxygen atoms in total. The normalized spacial score (nSPS) is 16.2. The van der Waals surface area contributed by atoms with Gasteiger partial charge in [-0.05, 0) is 0 Å². The zero-order valence-electron chi connectivity index (χ0n) is 16.4. The molecule has 0 spiro atoms. The first-order valence-electron chi connectivity index (χ1n) is 9.73. The molecule has 1 aliphatic rings. The molecule has 0 aromatic heterocycles. The maximum atomic E-state index is 12.5. The topological polar surface area (TPSA) is 26.3 Å². The molecule has 0 fully saturated rings. The summed E-state index contributed by atoms with van der Waals surface area (Å²) < 4.78 is 11.5. The number of unbranched alkanes of at least 4 members (excludes halogenated alkanes) is 3. The first-order valence-corrected chi connectivity index (χ1v) is 20.7. The monoisotopic (exact) mass is 446 g/mol. The van der Waals surface area contributed by atoms with Crippen molar-refractivity contribution in [3.8, 4) is 0 Å². The number of ether oxygens (including phenoxy) is 1. The van der Waals surface area contributed by atoms with Crippen molar-refractivity contribution in [2.45, 2.75) is 92.2 Å². The Bertz CT molecular complexity index is 402. The van der Waals surface area contributed by atoms with E-state index in [0.29, 0.717) is 6.61 Å². The summed E-state index contributed by atoms with van der Waals surface area (Å²) >= 11 is -2.48. The van der Waals surface area contributed by atoms with Gasteiger partial charge in [-0.1, -0.05) is 0 Å². The molecule has 1 heterocycles. The summed E-state index contributed by atoms with van der Waals surface area (Å²) in [5.41, 5.74) is 0. The zero-order chi connectivity index (χ0) is 17.5. The SMILES string of the molecule is CCC[CH2][Sn]([CH2]CCC)([CH2]CCC)[C]1=C([Si](C)(C)C)C(=O)OC1. The number of hydrogen-bond donors (Lipinski definition) is 0. The van der Waals surface area contributed by atoms with E-state index in [9.17, 15) is 4.79 Å². The molecule has 0 N–H and O–H groups in total. The molecule has 4 heteroatoms. The van der Waals surface area contributed by atoms with E-state index < -0.39 is 26.5 Å². The molecule has 0 radical (unpaired) electrons. The van der Waals surface area contributed by atoms with Gasteiger partial charge in [-0.15, -0.1) is 0 Å². The Morgan fingerprint density at radius 3 is 1.70 bits per heavy atom. The molecule has 0 aromatic carbocycles. The average Bonchev–Trinajstić information content (AvgIpc) is 2.89. The second-order valence-electron chi connectivity index (χ2n) is 8.27. The van der Waals surface area contributed by atoms with Crippen molar-refractivity contribution < 1.29 is 9.53 Å². The van der Waals surface area contributed by atoms with E-state index in [0.717, 1.165) is 0 Å². The summed E-state index contributed by atoms with van der Waals surface area (Å²) in [5.74, 6) is 0.0461. The molecule has 0 aromatic rings. The fourth-order valence-electron chi connectivity index (χ4n) is 3.96. The molecule has 1 rings (SSSR count). The van der Waals surface area contributed by atoms with Crippen LogP contribution in [0.15, 0.2) is 8.79 Å². The minimum absolute atomic E-state index is 0.0461. The van der Waals surface area contributed by atoms with E-state index in [4.69, 9.17) is 4.74 Å². The van der Waals surface area contributed by atoms with Gasteiger partial charge < -0.3 is 0 Å². The molecule has 0 saturated carbocycles. The van der Waals surface area contributed by atoms with Crippen LogP contribution in [0.4, 0.5) is 0 Å². The van der Waals surface area contributed by atoms with Gasteiger partial charge in [0.1, 0.15) is 0 Å². The Hall–Kier alpha value is 0.226. The molecule has 0 amide bonds. The molecule has 0 atom stereocenters. The van der Waals surface area contributed by atoms with E-state index in [1.165, 1.54) is 57.0 Å². The quantitative estimate of drug-likeness (QED) is 0.284. The van der Waals surface area contributed by atoms with Crippen molar-refractivity contribution in [2.75, 3.05) is 6.61 Å². The second-order valence-corrected chi connectivity index (χ2v) is 26.6.